The first kappa shape index (κ1) is 24.8. The lowest BCUT2D eigenvalue weighted by molar-refractivity contribution is -0.142. The van der Waals surface area contributed by atoms with Crippen LogP contribution in [-0.2, 0) is 9.53 Å². The third-order valence-corrected chi connectivity index (χ3v) is 4.22. The minimum Gasteiger partial charge on any atom is -0.460 e. The Morgan fingerprint density at radius 1 is 0.931 bits per heavy atom. The van der Waals surface area contributed by atoms with Crippen molar-refractivity contribution in [1.82, 2.24) is 0 Å². The summed E-state index contributed by atoms with van der Waals surface area (Å²) in [5, 5.41) is 29.8. The van der Waals surface area contributed by atoms with Gasteiger partial charge in [0, 0.05) is 12.5 Å². The fourth-order valence-corrected chi connectivity index (χ4v) is 2.67. The van der Waals surface area contributed by atoms with Crippen LogP contribution in [0.2, 0.25) is 0 Å². The van der Waals surface area contributed by atoms with Crippen LogP contribution >= 0.6 is 0 Å². The van der Waals surface area contributed by atoms with Crippen molar-refractivity contribution in [3.63, 3.8) is 0 Å². The van der Waals surface area contributed by atoms with Crippen molar-refractivity contribution < 1.29 is 24.9 Å². The van der Waals surface area contributed by atoms with E-state index in [1.807, 2.05) is 31.2 Å². The number of allylic oxidation sites excluding steroid dienone is 7. The zero-order valence-electron chi connectivity index (χ0n) is 17.1. The van der Waals surface area contributed by atoms with E-state index >= 15 is 0 Å². The molecule has 1 aliphatic rings. The van der Waals surface area contributed by atoms with Crippen LogP contribution in [0.25, 0.3) is 0 Å². The second-order valence-electron chi connectivity index (χ2n) is 7.05. The fraction of sp³-hybridized carbons (Fsp3) is 0.458. The molecule has 29 heavy (non-hydrogen) atoms. The molecule has 0 fully saturated rings. The Labute approximate surface area is 174 Å². The lowest BCUT2D eigenvalue weighted by atomic mass is 10.1. The number of hydrogen-bond acceptors (Lipinski definition) is 5. The maximum absolute atomic E-state index is 11.7. The molecule has 0 saturated carbocycles. The van der Waals surface area contributed by atoms with Crippen molar-refractivity contribution in [3.8, 4) is 0 Å². The van der Waals surface area contributed by atoms with Crippen molar-refractivity contribution >= 4 is 5.97 Å². The number of carbonyl (C=O) groups is 1. The number of ether oxygens (including phenoxy) is 1. The average molecular weight is 403 g/mol. The van der Waals surface area contributed by atoms with Crippen LogP contribution in [0.3, 0.4) is 0 Å². The van der Waals surface area contributed by atoms with Gasteiger partial charge in [-0.1, -0.05) is 66.8 Å². The van der Waals surface area contributed by atoms with Crippen molar-refractivity contribution in [1.29, 1.82) is 0 Å². The monoisotopic (exact) mass is 402 g/mol. The van der Waals surface area contributed by atoms with Crippen molar-refractivity contribution in [2.24, 2.45) is 0 Å². The smallest absolute Gasteiger partial charge is 0.331 e. The van der Waals surface area contributed by atoms with Crippen molar-refractivity contribution in [2.75, 3.05) is 0 Å². The standard InChI is InChI=1S/C24H34O5/c1-20-13-8-4-2-6-10-15-22(26)19-23(27)17-12-16-21(25)14-9-5-3-7-11-18-24(28)29-20/h2-3,6-7,9-12,14-16,18,20-23,25-27H,4-5,8,13,17,19H2,1H3/b6-2-,7-3-,14-9-,15-10-,16-12-,18-11-/t20-,21-,22+,23-/m0/s1. The van der Waals surface area contributed by atoms with Gasteiger partial charge < -0.3 is 20.1 Å². The molecule has 0 amide bonds. The highest BCUT2D eigenvalue weighted by molar-refractivity contribution is 5.82. The summed E-state index contributed by atoms with van der Waals surface area (Å²) in [5.74, 6) is -0.359. The molecule has 0 bridgehead atoms. The molecule has 1 rings (SSSR count). The van der Waals surface area contributed by atoms with E-state index in [0.29, 0.717) is 12.8 Å². The molecule has 0 aromatic carbocycles. The number of cyclic esters (lactones) is 1. The molecular formula is C24H34O5. The summed E-state index contributed by atoms with van der Waals surface area (Å²) in [5.41, 5.74) is 0. The zero-order valence-corrected chi connectivity index (χ0v) is 17.1. The minimum absolute atomic E-state index is 0.147. The van der Waals surface area contributed by atoms with E-state index in [1.165, 1.54) is 6.08 Å². The van der Waals surface area contributed by atoms with Crippen molar-refractivity contribution in [2.45, 2.75) is 69.9 Å². The molecule has 0 radical (unpaired) electrons. The van der Waals surface area contributed by atoms with Gasteiger partial charge in [-0.3, -0.25) is 0 Å². The van der Waals surface area contributed by atoms with Crippen LogP contribution in [0.5, 0.6) is 0 Å². The molecule has 0 saturated heterocycles. The Hall–Kier alpha value is -2.21. The summed E-state index contributed by atoms with van der Waals surface area (Å²) in [4.78, 5) is 11.7. The molecule has 0 unspecified atom stereocenters. The molecule has 160 valence electrons. The van der Waals surface area contributed by atoms with E-state index in [1.54, 1.807) is 42.5 Å². The van der Waals surface area contributed by atoms with Crippen LogP contribution in [-0.4, -0.2) is 45.7 Å². The second kappa shape index (κ2) is 15.7. The normalized spacial score (nSPS) is 35.4. The summed E-state index contributed by atoms with van der Waals surface area (Å²) in [6.07, 6.45) is 22.2. The highest BCUT2D eigenvalue weighted by Gasteiger charge is 2.08. The van der Waals surface area contributed by atoms with Crippen molar-refractivity contribution in [3.05, 3.63) is 72.9 Å². The van der Waals surface area contributed by atoms with Gasteiger partial charge >= 0.3 is 5.97 Å². The Morgan fingerprint density at radius 3 is 2.52 bits per heavy atom. The Bertz CT molecular complexity index is 627. The maximum Gasteiger partial charge on any atom is 0.331 e. The average Bonchev–Trinajstić information content (AvgIpc) is 2.65. The molecular weight excluding hydrogens is 368 g/mol. The van der Waals surface area contributed by atoms with E-state index in [9.17, 15) is 20.1 Å². The maximum atomic E-state index is 11.7. The molecule has 0 aliphatic carbocycles. The molecule has 5 nitrogen and oxygen atoms in total. The topological polar surface area (TPSA) is 87.0 Å². The first-order valence-electron chi connectivity index (χ1n) is 10.2. The first-order valence-corrected chi connectivity index (χ1v) is 10.2. The molecule has 1 heterocycles. The van der Waals surface area contributed by atoms with Crippen LogP contribution < -0.4 is 0 Å². The second-order valence-corrected chi connectivity index (χ2v) is 7.05. The predicted molar refractivity (Wildman–Crippen MR) is 116 cm³/mol. The number of aliphatic hydroxyl groups excluding tert-OH is 3. The van der Waals surface area contributed by atoms with Gasteiger partial charge in [0.25, 0.3) is 0 Å². The van der Waals surface area contributed by atoms with E-state index in [2.05, 4.69) is 0 Å². The fourth-order valence-electron chi connectivity index (χ4n) is 2.67. The number of carbonyl (C=O) groups excluding carboxylic acids is 1. The highest BCUT2D eigenvalue weighted by Crippen LogP contribution is 2.08. The zero-order chi connectivity index (χ0) is 21.3. The molecule has 4 atom stereocenters. The largest absolute Gasteiger partial charge is 0.460 e. The lowest BCUT2D eigenvalue weighted by Gasteiger charge is -2.11. The predicted octanol–water partition coefficient (Wildman–Crippen LogP) is 3.69. The summed E-state index contributed by atoms with van der Waals surface area (Å²) >= 11 is 0. The van der Waals surface area contributed by atoms with E-state index in [4.69, 9.17) is 4.74 Å². The Kier molecular flexibility index (Phi) is 13.4. The van der Waals surface area contributed by atoms with Crippen LogP contribution in [0, 0.1) is 0 Å². The molecule has 0 aromatic rings. The number of aliphatic hydroxyl groups is 3. The van der Waals surface area contributed by atoms with Crippen LogP contribution in [0.1, 0.15) is 45.4 Å². The molecule has 5 heteroatoms. The molecule has 0 spiro atoms. The number of hydrogen-bond donors (Lipinski definition) is 3. The quantitative estimate of drug-likeness (QED) is 0.425. The van der Waals surface area contributed by atoms with E-state index in [0.717, 1.165) is 19.3 Å². The van der Waals surface area contributed by atoms with Crippen LogP contribution in [0.4, 0.5) is 0 Å². The lowest BCUT2D eigenvalue weighted by Crippen LogP contribution is -2.15. The van der Waals surface area contributed by atoms with Gasteiger partial charge in [0.05, 0.1) is 24.4 Å². The molecule has 0 aromatic heterocycles. The van der Waals surface area contributed by atoms with Gasteiger partial charge in [0.2, 0.25) is 0 Å². The summed E-state index contributed by atoms with van der Waals surface area (Å²) in [7, 11) is 0. The number of esters is 1. The number of rotatable bonds is 0. The third-order valence-electron chi connectivity index (χ3n) is 4.22. The van der Waals surface area contributed by atoms with Gasteiger partial charge in [-0.25, -0.2) is 4.79 Å². The highest BCUT2D eigenvalue weighted by atomic mass is 16.5. The third kappa shape index (κ3) is 14.4. The van der Waals surface area contributed by atoms with Gasteiger partial charge in [-0.05, 0) is 39.0 Å². The van der Waals surface area contributed by atoms with Gasteiger partial charge in [-0.15, -0.1) is 0 Å². The van der Waals surface area contributed by atoms with Gasteiger partial charge in [-0.2, -0.15) is 0 Å². The summed E-state index contributed by atoms with van der Waals surface area (Å²) < 4.78 is 5.32. The van der Waals surface area contributed by atoms with E-state index < -0.39 is 18.3 Å². The molecule has 1 aliphatic heterocycles. The van der Waals surface area contributed by atoms with Crippen LogP contribution in [0.15, 0.2) is 72.9 Å². The molecule has 3 N–H and O–H groups in total. The Balaban J connectivity index is 2.66. The minimum atomic E-state index is -0.733. The summed E-state index contributed by atoms with van der Waals surface area (Å²) in [6.45, 7) is 1.88. The summed E-state index contributed by atoms with van der Waals surface area (Å²) in [6, 6.07) is 0. The van der Waals surface area contributed by atoms with E-state index in [-0.39, 0.29) is 18.5 Å². The SMILES string of the molecule is C[C@H]1CCC/C=C\C=C/[C@@H](O)C[C@@H](O)C/C=C\[C@@H](O)/C=C\C/C=C\C=C/C(=O)O1. The van der Waals surface area contributed by atoms with Gasteiger partial charge in [0.1, 0.15) is 0 Å². The van der Waals surface area contributed by atoms with Gasteiger partial charge in [0.15, 0.2) is 0 Å². The Morgan fingerprint density at radius 2 is 1.69 bits per heavy atom. The first-order chi connectivity index (χ1) is 14.0.